The Morgan fingerprint density at radius 1 is 1.00 bits per heavy atom. The Balaban J connectivity index is 1.35. The summed E-state index contributed by atoms with van der Waals surface area (Å²) in [6.07, 6.45) is 6.19. The number of fused-ring (bicyclic) bond motifs is 1. The Hall–Kier alpha value is -2.81. The van der Waals surface area contributed by atoms with Gasteiger partial charge in [-0.2, -0.15) is 5.10 Å². The van der Waals surface area contributed by atoms with Crippen LogP contribution in [0.3, 0.4) is 0 Å². The SMILES string of the molecule is O=C(c1nn(-c2ccc(F)cc2)c2c1CCC2)N1CCN(c2ncc(Br)cn2)CC1. The molecule has 1 aliphatic carbocycles. The summed E-state index contributed by atoms with van der Waals surface area (Å²) >= 11 is 3.35. The van der Waals surface area contributed by atoms with Crippen LogP contribution in [-0.4, -0.2) is 56.7 Å². The minimum absolute atomic E-state index is 0.0367. The first-order valence-corrected chi connectivity index (χ1v) is 10.8. The quantitative estimate of drug-likeness (QED) is 0.588. The second kappa shape index (κ2) is 7.79. The van der Waals surface area contributed by atoms with Crippen molar-refractivity contribution in [3.63, 3.8) is 0 Å². The van der Waals surface area contributed by atoms with Crippen molar-refractivity contribution in [2.75, 3.05) is 31.1 Å². The first-order valence-electron chi connectivity index (χ1n) is 9.98. The number of carbonyl (C=O) groups is 1. The van der Waals surface area contributed by atoms with Crippen molar-refractivity contribution >= 4 is 27.8 Å². The van der Waals surface area contributed by atoms with Gasteiger partial charge in [-0.25, -0.2) is 19.0 Å². The number of hydrogen-bond donors (Lipinski definition) is 0. The smallest absolute Gasteiger partial charge is 0.274 e. The predicted molar refractivity (Wildman–Crippen MR) is 113 cm³/mol. The average Bonchev–Trinajstić information content (AvgIpc) is 3.38. The summed E-state index contributed by atoms with van der Waals surface area (Å²) in [6.45, 7) is 2.54. The molecule has 9 heteroatoms. The molecular weight excluding hydrogens is 451 g/mol. The fraction of sp³-hybridized carbons (Fsp3) is 0.333. The summed E-state index contributed by atoms with van der Waals surface area (Å²) in [5.74, 6) is 0.351. The summed E-state index contributed by atoms with van der Waals surface area (Å²) in [7, 11) is 0. The highest BCUT2D eigenvalue weighted by Crippen LogP contribution is 2.29. The molecule has 0 N–H and O–H groups in total. The van der Waals surface area contributed by atoms with Crippen molar-refractivity contribution < 1.29 is 9.18 Å². The van der Waals surface area contributed by atoms with Gasteiger partial charge in [-0.05, 0) is 59.5 Å². The molecule has 30 heavy (non-hydrogen) atoms. The van der Waals surface area contributed by atoms with Crippen molar-refractivity contribution in [3.8, 4) is 5.69 Å². The van der Waals surface area contributed by atoms with Crippen LogP contribution in [0.2, 0.25) is 0 Å². The molecule has 0 spiro atoms. The number of carbonyl (C=O) groups excluding carboxylic acids is 1. The number of rotatable bonds is 3. The predicted octanol–water partition coefficient (Wildman–Crippen LogP) is 3.02. The highest BCUT2D eigenvalue weighted by molar-refractivity contribution is 9.10. The topological polar surface area (TPSA) is 67.2 Å². The molecule has 2 aromatic heterocycles. The van der Waals surface area contributed by atoms with E-state index in [-0.39, 0.29) is 11.7 Å². The highest BCUT2D eigenvalue weighted by Gasteiger charge is 2.31. The molecule has 7 nitrogen and oxygen atoms in total. The molecule has 1 aromatic carbocycles. The summed E-state index contributed by atoms with van der Waals surface area (Å²) in [5, 5.41) is 4.65. The zero-order chi connectivity index (χ0) is 20.7. The Morgan fingerprint density at radius 2 is 1.70 bits per heavy atom. The summed E-state index contributed by atoms with van der Waals surface area (Å²) < 4.78 is 16.0. The number of anilines is 1. The van der Waals surface area contributed by atoms with Gasteiger partial charge in [0.25, 0.3) is 5.91 Å². The molecule has 5 rings (SSSR count). The van der Waals surface area contributed by atoms with Crippen LogP contribution in [0.4, 0.5) is 10.3 Å². The Kier molecular flexibility index (Phi) is 4.98. The van der Waals surface area contributed by atoms with Crippen molar-refractivity contribution in [2.45, 2.75) is 19.3 Å². The van der Waals surface area contributed by atoms with E-state index in [0.29, 0.717) is 37.8 Å². The van der Waals surface area contributed by atoms with Crippen molar-refractivity contribution in [2.24, 2.45) is 0 Å². The Labute approximate surface area is 181 Å². The van der Waals surface area contributed by atoms with E-state index in [1.165, 1.54) is 12.1 Å². The van der Waals surface area contributed by atoms with Gasteiger partial charge in [0.15, 0.2) is 5.69 Å². The van der Waals surface area contributed by atoms with E-state index in [1.807, 2.05) is 4.90 Å². The van der Waals surface area contributed by atoms with Gasteiger partial charge in [0.1, 0.15) is 5.82 Å². The lowest BCUT2D eigenvalue weighted by atomic mass is 10.1. The maximum absolute atomic E-state index is 13.3. The molecule has 0 saturated carbocycles. The molecule has 1 amide bonds. The number of amides is 1. The first-order chi connectivity index (χ1) is 14.6. The number of halogens is 2. The van der Waals surface area contributed by atoms with E-state index in [9.17, 15) is 9.18 Å². The number of hydrogen-bond acceptors (Lipinski definition) is 5. The molecule has 3 heterocycles. The fourth-order valence-corrected chi connectivity index (χ4v) is 4.34. The van der Waals surface area contributed by atoms with Gasteiger partial charge in [-0.3, -0.25) is 4.79 Å². The third kappa shape index (κ3) is 3.47. The van der Waals surface area contributed by atoms with E-state index in [2.05, 4.69) is 35.9 Å². The number of piperazine rings is 1. The summed E-state index contributed by atoms with van der Waals surface area (Å²) in [5.41, 5.74) is 3.40. The molecule has 0 unspecified atom stereocenters. The lowest BCUT2D eigenvalue weighted by molar-refractivity contribution is 0.0738. The van der Waals surface area contributed by atoms with Gasteiger partial charge < -0.3 is 9.80 Å². The largest absolute Gasteiger partial charge is 0.337 e. The Morgan fingerprint density at radius 3 is 2.40 bits per heavy atom. The zero-order valence-corrected chi connectivity index (χ0v) is 17.8. The van der Waals surface area contributed by atoms with Gasteiger partial charge >= 0.3 is 0 Å². The van der Waals surface area contributed by atoms with E-state index < -0.39 is 0 Å². The van der Waals surface area contributed by atoms with Crippen LogP contribution in [0.5, 0.6) is 0 Å². The lowest BCUT2D eigenvalue weighted by Crippen LogP contribution is -2.49. The maximum atomic E-state index is 13.3. The standard InChI is InChI=1S/C21H20BrFN6O/c22-14-12-24-21(25-13-14)28-10-8-27(9-11-28)20(30)19-17-2-1-3-18(17)29(26-19)16-6-4-15(23)5-7-16/h4-7,12-13H,1-3,8-11H2. The minimum atomic E-state index is -0.286. The van der Waals surface area contributed by atoms with E-state index in [1.54, 1.807) is 29.2 Å². The van der Waals surface area contributed by atoms with Crippen LogP contribution in [-0.2, 0) is 12.8 Å². The molecule has 0 bridgehead atoms. The molecule has 1 aliphatic heterocycles. The number of aromatic nitrogens is 4. The molecule has 0 radical (unpaired) electrons. The zero-order valence-electron chi connectivity index (χ0n) is 16.3. The second-order valence-electron chi connectivity index (χ2n) is 7.50. The van der Waals surface area contributed by atoms with Crippen molar-refractivity contribution in [3.05, 3.63) is 63.9 Å². The summed E-state index contributed by atoms with van der Waals surface area (Å²) in [4.78, 5) is 25.9. The van der Waals surface area contributed by atoms with E-state index in [4.69, 9.17) is 0 Å². The molecule has 3 aromatic rings. The third-order valence-corrected chi connectivity index (χ3v) is 6.07. The molecule has 2 aliphatic rings. The molecule has 1 saturated heterocycles. The normalized spacial score (nSPS) is 16.1. The maximum Gasteiger partial charge on any atom is 0.274 e. The fourth-order valence-electron chi connectivity index (χ4n) is 4.13. The van der Waals surface area contributed by atoms with Crippen molar-refractivity contribution in [1.29, 1.82) is 0 Å². The highest BCUT2D eigenvalue weighted by atomic mass is 79.9. The first kappa shape index (κ1) is 19.2. The van der Waals surface area contributed by atoms with Gasteiger partial charge in [0.05, 0.1) is 10.2 Å². The Bertz CT molecular complexity index is 1070. The van der Waals surface area contributed by atoms with Crippen LogP contribution in [0.25, 0.3) is 5.69 Å². The van der Waals surface area contributed by atoms with E-state index in [0.717, 1.165) is 40.7 Å². The van der Waals surface area contributed by atoms with Gasteiger partial charge in [-0.15, -0.1) is 0 Å². The van der Waals surface area contributed by atoms with Crippen LogP contribution in [0.1, 0.15) is 28.2 Å². The second-order valence-corrected chi connectivity index (χ2v) is 8.41. The minimum Gasteiger partial charge on any atom is -0.337 e. The van der Waals surface area contributed by atoms with Crippen LogP contribution in [0.15, 0.2) is 41.1 Å². The van der Waals surface area contributed by atoms with Gasteiger partial charge in [-0.1, -0.05) is 0 Å². The molecule has 1 fully saturated rings. The molecular formula is C21H20BrFN6O. The summed E-state index contributed by atoms with van der Waals surface area (Å²) in [6, 6.07) is 6.24. The van der Waals surface area contributed by atoms with Crippen LogP contribution < -0.4 is 4.90 Å². The number of nitrogens with zero attached hydrogens (tertiary/aromatic N) is 6. The van der Waals surface area contributed by atoms with Crippen molar-refractivity contribution in [1.82, 2.24) is 24.6 Å². The van der Waals surface area contributed by atoms with Gasteiger partial charge in [0, 0.05) is 49.8 Å². The monoisotopic (exact) mass is 470 g/mol. The van der Waals surface area contributed by atoms with Crippen LogP contribution >= 0.6 is 15.9 Å². The third-order valence-electron chi connectivity index (χ3n) is 5.66. The van der Waals surface area contributed by atoms with Gasteiger partial charge in [0.2, 0.25) is 5.95 Å². The molecule has 0 atom stereocenters. The van der Waals surface area contributed by atoms with E-state index >= 15 is 0 Å². The number of benzene rings is 1. The molecule has 154 valence electrons. The van der Waals surface area contributed by atoms with Crippen LogP contribution in [0, 0.1) is 5.82 Å². The lowest BCUT2D eigenvalue weighted by Gasteiger charge is -2.34. The average molecular weight is 471 g/mol.